The highest BCUT2D eigenvalue weighted by molar-refractivity contribution is 5.93. The number of imidazole rings is 1. The van der Waals surface area contributed by atoms with Crippen molar-refractivity contribution in [1.29, 1.82) is 0 Å². The molecular weight excluding hydrogens is 686 g/mol. The number of alkyl carbamates (subject to hydrolysis) is 1. The molecule has 0 aliphatic rings. The van der Waals surface area contributed by atoms with Gasteiger partial charge in [-0.2, -0.15) is 0 Å². The van der Waals surface area contributed by atoms with Crippen LogP contribution in [0.25, 0.3) is 10.8 Å². The van der Waals surface area contributed by atoms with Crippen molar-refractivity contribution in [2.45, 2.75) is 76.9 Å². The zero-order valence-electron chi connectivity index (χ0n) is 30.4. The molecule has 0 fully saturated rings. The predicted octanol–water partition coefficient (Wildman–Crippen LogP) is 4.12. The maximum absolute atomic E-state index is 14.2. The number of nitrogens with zero attached hydrogens (tertiary/aromatic N) is 2. The van der Waals surface area contributed by atoms with E-state index in [2.05, 4.69) is 36.2 Å². The normalized spacial score (nSPS) is 13.3. The SMILES string of the molecule is CC(C)C[C@H](NC(=O)C(Cc1c[nH]cn1)NC(=O)[C@@H](Cc1cccc2ccccc12)NC(=O)OCc1ccccc1)[C@@H](O)CC(=O)NCc1ccncc1. The number of nitrogens with one attached hydrogen (secondary N) is 5. The predicted molar refractivity (Wildman–Crippen MR) is 204 cm³/mol. The molecule has 0 bridgehead atoms. The summed E-state index contributed by atoms with van der Waals surface area (Å²) in [5.41, 5.74) is 2.96. The number of fused-ring (bicyclic) bond motifs is 1. The molecule has 0 aliphatic heterocycles. The number of hydrogen-bond donors (Lipinski definition) is 6. The van der Waals surface area contributed by atoms with Crippen molar-refractivity contribution in [3.05, 3.63) is 132 Å². The number of aromatic nitrogens is 3. The average molecular weight is 734 g/mol. The molecule has 0 radical (unpaired) electrons. The number of amides is 4. The first kappa shape index (κ1) is 39.1. The van der Waals surface area contributed by atoms with Gasteiger partial charge in [0.05, 0.1) is 30.6 Å². The number of H-pyrrole nitrogens is 1. The average Bonchev–Trinajstić information content (AvgIpc) is 3.69. The second kappa shape index (κ2) is 19.7. The number of rotatable bonds is 18. The zero-order valence-corrected chi connectivity index (χ0v) is 30.4. The molecule has 4 amide bonds. The van der Waals surface area contributed by atoms with Crippen molar-refractivity contribution in [3.63, 3.8) is 0 Å². The van der Waals surface area contributed by atoms with E-state index in [9.17, 15) is 24.3 Å². The van der Waals surface area contributed by atoms with Crippen molar-refractivity contribution in [3.8, 4) is 0 Å². The Labute approximate surface area is 314 Å². The Hall–Kier alpha value is -6.08. The molecule has 2 aromatic heterocycles. The maximum Gasteiger partial charge on any atom is 0.408 e. The van der Waals surface area contributed by atoms with Crippen LogP contribution in [0.5, 0.6) is 0 Å². The fraction of sp³-hybridized carbons (Fsp3) is 0.317. The van der Waals surface area contributed by atoms with Crippen LogP contribution in [-0.2, 0) is 45.1 Å². The summed E-state index contributed by atoms with van der Waals surface area (Å²) < 4.78 is 5.47. The Kier molecular flexibility index (Phi) is 14.3. The first-order valence-electron chi connectivity index (χ1n) is 18.0. The fourth-order valence-corrected chi connectivity index (χ4v) is 6.11. The lowest BCUT2D eigenvalue weighted by atomic mass is 9.96. The summed E-state index contributed by atoms with van der Waals surface area (Å²) in [4.78, 5) is 65.2. The Morgan fingerprint density at radius 2 is 1.50 bits per heavy atom. The smallest absolute Gasteiger partial charge is 0.408 e. The molecule has 4 atom stereocenters. The van der Waals surface area contributed by atoms with Gasteiger partial charge in [-0.05, 0) is 51.9 Å². The highest BCUT2D eigenvalue weighted by Gasteiger charge is 2.32. The van der Waals surface area contributed by atoms with Crippen LogP contribution in [0.15, 0.2) is 110 Å². The molecule has 13 heteroatoms. The van der Waals surface area contributed by atoms with Gasteiger partial charge in [0.25, 0.3) is 0 Å². The van der Waals surface area contributed by atoms with E-state index < -0.39 is 42.1 Å². The minimum absolute atomic E-state index is 0.000788. The van der Waals surface area contributed by atoms with Gasteiger partial charge in [-0.25, -0.2) is 9.78 Å². The van der Waals surface area contributed by atoms with Gasteiger partial charge in [0, 0.05) is 38.0 Å². The molecule has 0 saturated carbocycles. The van der Waals surface area contributed by atoms with Gasteiger partial charge in [0.15, 0.2) is 0 Å². The van der Waals surface area contributed by atoms with E-state index in [1.165, 1.54) is 6.33 Å². The first-order chi connectivity index (χ1) is 26.1. The van der Waals surface area contributed by atoms with Crippen molar-refractivity contribution in [1.82, 2.24) is 36.2 Å². The summed E-state index contributed by atoms with van der Waals surface area (Å²) in [6, 6.07) is 23.1. The van der Waals surface area contributed by atoms with Crippen LogP contribution in [0.1, 0.15) is 49.1 Å². The highest BCUT2D eigenvalue weighted by Crippen LogP contribution is 2.20. The van der Waals surface area contributed by atoms with E-state index in [1.807, 2.05) is 86.6 Å². The molecule has 5 aromatic rings. The van der Waals surface area contributed by atoms with Crippen LogP contribution in [-0.4, -0.2) is 68.1 Å². The number of carbonyl (C=O) groups excluding carboxylic acids is 4. The van der Waals surface area contributed by atoms with E-state index >= 15 is 0 Å². The second-order valence-electron chi connectivity index (χ2n) is 13.6. The minimum Gasteiger partial charge on any atom is -0.445 e. The third-order valence-corrected chi connectivity index (χ3v) is 8.88. The topological polar surface area (TPSA) is 187 Å². The lowest BCUT2D eigenvalue weighted by Crippen LogP contribution is -2.57. The standard InChI is InChI=1S/C41H47N7O6/c1-27(2)19-34(37(49)22-38(50)44-23-28-15-17-42-18-16-28)46-40(52)36(21-32-24-43-26-45-32)47-39(51)35(48-41(53)54-25-29-9-4-3-5-10-29)20-31-13-8-12-30-11-6-7-14-33(30)31/h3-18,24,26-27,34-37,49H,19-23,25H2,1-2H3,(H,43,45)(H,44,50)(H,46,52)(H,47,51)(H,48,53)/t34-,35+,36?,37-/m0/s1. The first-order valence-corrected chi connectivity index (χ1v) is 18.0. The molecule has 0 saturated heterocycles. The van der Waals surface area contributed by atoms with Crippen molar-refractivity contribution in [2.24, 2.45) is 5.92 Å². The monoisotopic (exact) mass is 733 g/mol. The van der Waals surface area contributed by atoms with Gasteiger partial charge >= 0.3 is 6.09 Å². The van der Waals surface area contributed by atoms with Gasteiger partial charge in [-0.15, -0.1) is 0 Å². The summed E-state index contributed by atoms with van der Waals surface area (Å²) in [5.74, 6) is -1.53. The molecular formula is C41H47N7O6. The minimum atomic E-state index is -1.21. The Balaban J connectivity index is 1.32. The van der Waals surface area contributed by atoms with Crippen LogP contribution in [0.4, 0.5) is 4.79 Å². The van der Waals surface area contributed by atoms with E-state index in [0.717, 1.165) is 27.5 Å². The van der Waals surface area contributed by atoms with Gasteiger partial charge in [-0.1, -0.05) is 86.6 Å². The summed E-state index contributed by atoms with van der Waals surface area (Å²) >= 11 is 0. The second-order valence-corrected chi connectivity index (χ2v) is 13.6. The van der Waals surface area contributed by atoms with Crippen LogP contribution >= 0.6 is 0 Å². The van der Waals surface area contributed by atoms with Crippen LogP contribution in [0.2, 0.25) is 0 Å². The van der Waals surface area contributed by atoms with Crippen LogP contribution in [0, 0.1) is 5.92 Å². The van der Waals surface area contributed by atoms with Gasteiger partial charge in [0.2, 0.25) is 17.7 Å². The molecule has 13 nitrogen and oxygen atoms in total. The number of benzene rings is 3. The van der Waals surface area contributed by atoms with Gasteiger partial charge < -0.3 is 36.1 Å². The summed E-state index contributed by atoms with van der Waals surface area (Å²) in [6.45, 7) is 4.15. The molecule has 282 valence electrons. The third kappa shape index (κ3) is 12.0. The molecule has 0 aliphatic carbocycles. The number of ether oxygens (including phenoxy) is 1. The number of aromatic amines is 1. The molecule has 54 heavy (non-hydrogen) atoms. The fourth-order valence-electron chi connectivity index (χ4n) is 6.11. The molecule has 6 N–H and O–H groups in total. The van der Waals surface area contributed by atoms with Gasteiger partial charge in [-0.3, -0.25) is 19.4 Å². The van der Waals surface area contributed by atoms with Crippen LogP contribution < -0.4 is 21.3 Å². The summed E-state index contributed by atoms with van der Waals surface area (Å²) in [5, 5.41) is 24.3. The van der Waals surface area contributed by atoms with Crippen molar-refractivity contribution < 1.29 is 29.0 Å². The van der Waals surface area contributed by atoms with Crippen molar-refractivity contribution in [2.75, 3.05) is 0 Å². The number of carbonyl (C=O) groups is 4. The zero-order chi connectivity index (χ0) is 38.3. The largest absolute Gasteiger partial charge is 0.445 e. The summed E-state index contributed by atoms with van der Waals surface area (Å²) in [6.07, 6.45) is 4.57. The number of aliphatic hydroxyl groups excluding tert-OH is 1. The van der Waals surface area contributed by atoms with E-state index in [4.69, 9.17) is 4.74 Å². The number of aliphatic hydroxyl groups is 1. The molecule has 3 aromatic carbocycles. The van der Waals surface area contributed by atoms with E-state index in [1.54, 1.807) is 30.7 Å². The number of hydrogen-bond acceptors (Lipinski definition) is 8. The van der Waals surface area contributed by atoms with E-state index in [-0.39, 0.29) is 44.2 Å². The molecule has 0 spiro atoms. The Morgan fingerprint density at radius 1 is 0.796 bits per heavy atom. The van der Waals surface area contributed by atoms with E-state index in [0.29, 0.717) is 12.1 Å². The number of pyridine rings is 1. The quantitative estimate of drug-likeness (QED) is 0.0776. The molecule has 2 heterocycles. The summed E-state index contributed by atoms with van der Waals surface area (Å²) in [7, 11) is 0. The maximum atomic E-state index is 14.2. The van der Waals surface area contributed by atoms with Gasteiger partial charge in [0.1, 0.15) is 18.7 Å². The van der Waals surface area contributed by atoms with Crippen LogP contribution in [0.3, 0.4) is 0 Å². The molecule has 1 unspecified atom stereocenters. The highest BCUT2D eigenvalue weighted by atomic mass is 16.5. The Morgan fingerprint density at radius 3 is 2.24 bits per heavy atom. The molecule has 5 rings (SSSR count). The lowest BCUT2D eigenvalue weighted by Gasteiger charge is -2.29. The van der Waals surface area contributed by atoms with Crippen molar-refractivity contribution >= 4 is 34.6 Å². The Bertz CT molecular complexity index is 1950. The lowest BCUT2D eigenvalue weighted by molar-refractivity contribution is -0.131. The third-order valence-electron chi connectivity index (χ3n) is 8.88.